The Bertz CT molecular complexity index is 667. The molecule has 0 aliphatic heterocycles. The average molecular weight is 360 g/mol. The van der Waals surface area contributed by atoms with E-state index >= 15 is 0 Å². The molecule has 0 saturated heterocycles. The van der Waals surface area contributed by atoms with Crippen molar-refractivity contribution in [1.82, 2.24) is 0 Å². The number of anilines is 2. The summed E-state index contributed by atoms with van der Waals surface area (Å²) in [6.45, 7) is 4.26. The Labute approximate surface area is 141 Å². The topological polar surface area (TPSA) is 39.1 Å². The van der Waals surface area contributed by atoms with Gasteiger partial charge < -0.3 is 10.2 Å². The van der Waals surface area contributed by atoms with Crippen LogP contribution in [-0.2, 0) is 12.8 Å². The Morgan fingerprint density at radius 1 is 1.09 bits per heavy atom. The quantitative estimate of drug-likeness (QED) is 0.591. The number of nitrogens with zero attached hydrogens (tertiary/aromatic N) is 1. The molecule has 0 amide bonds. The van der Waals surface area contributed by atoms with Crippen LogP contribution in [0.5, 0.6) is 0 Å². The number of halogens is 1. The van der Waals surface area contributed by atoms with Crippen molar-refractivity contribution < 1.29 is 0 Å². The first-order valence-electron chi connectivity index (χ1n) is 7.51. The van der Waals surface area contributed by atoms with Gasteiger partial charge in [-0.15, -0.1) is 0 Å². The molecule has 2 aromatic rings. The smallest absolute Gasteiger partial charge is 0.199 e. The Morgan fingerprint density at radius 2 is 1.77 bits per heavy atom. The van der Waals surface area contributed by atoms with Crippen LogP contribution in [0, 0.1) is 5.41 Å². The van der Waals surface area contributed by atoms with Crippen molar-refractivity contribution in [3.05, 3.63) is 58.1 Å². The molecular weight excluding hydrogens is 338 g/mol. The Kier molecular flexibility index (Phi) is 5.61. The molecule has 0 unspecified atom stereocenters. The second-order valence-corrected chi connectivity index (χ2v) is 6.08. The summed E-state index contributed by atoms with van der Waals surface area (Å²) in [5.41, 5.74) is 4.45. The second-order valence-electron chi connectivity index (χ2n) is 5.22. The number of hydrogen-bond donors (Lipinski definition) is 2. The zero-order chi connectivity index (χ0) is 16.1. The first kappa shape index (κ1) is 16.6. The van der Waals surface area contributed by atoms with E-state index < -0.39 is 0 Å². The van der Waals surface area contributed by atoms with E-state index in [1.54, 1.807) is 0 Å². The van der Waals surface area contributed by atoms with Gasteiger partial charge in [0.25, 0.3) is 0 Å². The summed E-state index contributed by atoms with van der Waals surface area (Å²) in [5.74, 6) is 0.349. The number of aryl methyl sites for hydroxylation is 2. The minimum atomic E-state index is 0.349. The van der Waals surface area contributed by atoms with Gasteiger partial charge in [-0.25, -0.2) is 0 Å². The monoisotopic (exact) mass is 359 g/mol. The lowest BCUT2D eigenvalue weighted by Gasteiger charge is -2.22. The van der Waals surface area contributed by atoms with E-state index in [9.17, 15) is 0 Å². The highest BCUT2D eigenvalue weighted by Crippen LogP contribution is 2.25. The first-order chi connectivity index (χ1) is 10.5. The third-order valence-corrected chi connectivity index (χ3v) is 4.43. The molecule has 2 N–H and O–H groups in total. The summed E-state index contributed by atoms with van der Waals surface area (Å²) in [4.78, 5) is 1.85. The lowest BCUT2D eigenvalue weighted by Crippen LogP contribution is -2.32. The lowest BCUT2D eigenvalue weighted by molar-refractivity contribution is 1.12. The molecule has 0 bridgehead atoms. The zero-order valence-corrected chi connectivity index (χ0v) is 14.9. The number of hydrogen-bond acceptors (Lipinski definition) is 1. The third-order valence-electron chi connectivity index (χ3n) is 3.73. The third kappa shape index (κ3) is 3.89. The Morgan fingerprint density at radius 3 is 2.45 bits per heavy atom. The zero-order valence-electron chi connectivity index (χ0n) is 13.3. The fourth-order valence-electron chi connectivity index (χ4n) is 2.21. The summed E-state index contributed by atoms with van der Waals surface area (Å²) in [5, 5.41) is 11.5. The van der Waals surface area contributed by atoms with Crippen LogP contribution >= 0.6 is 15.9 Å². The van der Waals surface area contributed by atoms with Crippen molar-refractivity contribution in [3.8, 4) is 0 Å². The fraction of sp³-hybridized carbons (Fsp3) is 0.278. The summed E-state index contributed by atoms with van der Waals surface area (Å²) < 4.78 is 0.963. The van der Waals surface area contributed by atoms with Gasteiger partial charge in [0.05, 0.1) is 5.69 Å². The SMILES string of the molecule is CCc1cccc(N(C)C(=N)Nc2cc(CC)ccc2Br)c1. The van der Waals surface area contributed by atoms with Crippen LogP contribution in [0.15, 0.2) is 46.9 Å². The number of guanidine groups is 1. The van der Waals surface area contributed by atoms with Gasteiger partial charge >= 0.3 is 0 Å². The number of nitrogens with one attached hydrogen (secondary N) is 2. The van der Waals surface area contributed by atoms with E-state index in [1.807, 2.05) is 30.1 Å². The van der Waals surface area contributed by atoms with Crippen molar-refractivity contribution in [2.75, 3.05) is 17.3 Å². The molecule has 0 aliphatic carbocycles. The normalized spacial score (nSPS) is 10.4. The highest BCUT2D eigenvalue weighted by Gasteiger charge is 2.10. The summed E-state index contributed by atoms with van der Waals surface area (Å²) in [6.07, 6.45) is 1.97. The molecule has 0 fully saturated rings. The van der Waals surface area contributed by atoms with E-state index in [4.69, 9.17) is 5.41 Å². The molecule has 2 aromatic carbocycles. The first-order valence-corrected chi connectivity index (χ1v) is 8.31. The van der Waals surface area contributed by atoms with E-state index in [1.165, 1.54) is 11.1 Å². The largest absolute Gasteiger partial charge is 0.325 e. The molecule has 0 spiro atoms. The molecule has 22 heavy (non-hydrogen) atoms. The maximum Gasteiger partial charge on any atom is 0.199 e. The second kappa shape index (κ2) is 7.45. The van der Waals surface area contributed by atoms with Crippen LogP contribution < -0.4 is 10.2 Å². The minimum absolute atomic E-state index is 0.349. The van der Waals surface area contributed by atoms with Crippen molar-refractivity contribution in [2.24, 2.45) is 0 Å². The van der Waals surface area contributed by atoms with E-state index in [2.05, 4.69) is 59.4 Å². The van der Waals surface area contributed by atoms with Gasteiger partial charge in [-0.1, -0.05) is 32.0 Å². The number of benzene rings is 2. The molecule has 116 valence electrons. The molecule has 0 radical (unpaired) electrons. The van der Waals surface area contributed by atoms with Gasteiger partial charge in [-0.3, -0.25) is 5.41 Å². The molecular formula is C18H22BrN3. The standard InChI is InChI=1S/C18H22BrN3/c1-4-13-7-6-8-15(11-13)22(3)18(20)21-17-12-14(5-2)9-10-16(17)19/h6-12H,4-5H2,1-3H3,(H2,20,21). The van der Waals surface area contributed by atoms with Crippen LogP contribution in [0.1, 0.15) is 25.0 Å². The van der Waals surface area contributed by atoms with Crippen LogP contribution in [0.25, 0.3) is 0 Å². The van der Waals surface area contributed by atoms with Crippen LogP contribution in [0.4, 0.5) is 11.4 Å². The molecule has 0 aromatic heterocycles. The predicted octanol–water partition coefficient (Wildman–Crippen LogP) is 5.06. The molecule has 4 heteroatoms. The summed E-state index contributed by atoms with van der Waals surface area (Å²) in [7, 11) is 1.90. The Balaban J connectivity index is 2.17. The van der Waals surface area contributed by atoms with E-state index in [0.717, 1.165) is 28.7 Å². The molecule has 0 aliphatic rings. The highest BCUT2D eigenvalue weighted by atomic mass is 79.9. The van der Waals surface area contributed by atoms with Crippen molar-refractivity contribution >= 4 is 33.3 Å². The predicted molar refractivity (Wildman–Crippen MR) is 99.1 cm³/mol. The van der Waals surface area contributed by atoms with E-state index in [-0.39, 0.29) is 0 Å². The molecule has 0 heterocycles. The molecule has 0 saturated carbocycles. The number of rotatable bonds is 4. The molecule has 3 nitrogen and oxygen atoms in total. The van der Waals surface area contributed by atoms with Gasteiger partial charge in [0, 0.05) is 17.2 Å². The van der Waals surface area contributed by atoms with Gasteiger partial charge in [0.15, 0.2) is 5.96 Å². The Hall–Kier alpha value is -1.81. The molecule has 0 atom stereocenters. The van der Waals surface area contributed by atoms with E-state index in [0.29, 0.717) is 5.96 Å². The maximum absolute atomic E-state index is 8.32. The lowest BCUT2D eigenvalue weighted by atomic mass is 10.1. The van der Waals surface area contributed by atoms with Crippen LogP contribution in [0.2, 0.25) is 0 Å². The van der Waals surface area contributed by atoms with Crippen molar-refractivity contribution in [1.29, 1.82) is 5.41 Å². The average Bonchev–Trinajstić information content (AvgIpc) is 2.56. The van der Waals surface area contributed by atoms with Crippen LogP contribution in [0.3, 0.4) is 0 Å². The highest BCUT2D eigenvalue weighted by molar-refractivity contribution is 9.10. The minimum Gasteiger partial charge on any atom is -0.325 e. The summed E-state index contributed by atoms with van der Waals surface area (Å²) in [6, 6.07) is 14.5. The maximum atomic E-state index is 8.32. The van der Waals surface area contributed by atoms with Gasteiger partial charge in [0.1, 0.15) is 0 Å². The van der Waals surface area contributed by atoms with Crippen molar-refractivity contribution in [3.63, 3.8) is 0 Å². The molecule has 2 rings (SSSR count). The van der Waals surface area contributed by atoms with Crippen LogP contribution in [-0.4, -0.2) is 13.0 Å². The van der Waals surface area contributed by atoms with Crippen molar-refractivity contribution in [2.45, 2.75) is 26.7 Å². The fourth-order valence-corrected chi connectivity index (χ4v) is 2.56. The van der Waals surface area contributed by atoms with Gasteiger partial charge in [-0.05, 0) is 64.2 Å². The van der Waals surface area contributed by atoms with Gasteiger partial charge in [-0.2, -0.15) is 0 Å². The summed E-state index contributed by atoms with van der Waals surface area (Å²) >= 11 is 3.54. The van der Waals surface area contributed by atoms with Gasteiger partial charge in [0.2, 0.25) is 0 Å².